The molecule has 0 saturated heterocycles. The maximum Gasteiger partial charge on any atom is 0.188 e. The SMILES string of the molecule is CCCc1cc(O)ccc1N/C(=C/C(=O)c1ccc(OCc2ccccc2)cc1)SC. The van der Waals surface area contributed by atoms with Gasteiger partial charge >= 0.3 is 0 Å². The fourth-order valence-electron chi connectivity index (χ4n) is 3.12. The molecule has 0 aromatic heterocycles. The maximum atomic E-state index is 12.7. The minimum atomic E-state index is -0.0812. The van der Waals surface area contributed by atoms with E-state index in [1.54, 1.807) is 30.3 Å². The number of phenolic OH excluding ortho intramolecular Hbond substituents is 1. The molecule has 0 aliphatic carbocycles. The second-order valence-electron chi connectivity index (χ2n) is 7.09. The van der Waals surface area contributed by atoms with Crippen LogP contribution in [0.2, 0.25) is 0 Å². The summed E-state index contributed by atoms with van der Waals surface area (Å²) in [5, 5.41) is 13.8. The van der Waals surface area contributed by atoms with E-state index in [1.807, 2.05) is 54.8 Å². The van der Waals surface area contributed by atoms with Gasteiger partial charge in [0.05, 0.1) is 5.03 Å². The zero-order valence-electron chi connectivity index (χ0n) is 17.8. The first kappa shape index (κ1) is 22.5. The Labute approximate surface area is 188 Å². The number of nitrogens with one attached hydrogen (secondary N) is 1. The molecule has 4 nitrogen and oxygen atoms in total. The van der Waals surface area contributed by atoms with Crippen LogP contribution in [-0.2, 0) is 13.0 Å². The number of rotatable bonds is 10. The van der Waals surface area contributed by atoms with Crippen LogP contribution in [0, 0.1) is 0 Å². The zero-order valence-corrected chi connectivity index (χ0v) is 18.6. The van der Waals surface area contributed by atoms with Gasteiger partial charge in [0.1, 0.15) is 18.1 Å². The van der Waals surface area contributed by atoms with E-state index in [1.165, 1.54) is 11.8 Å². The van der Waals surface area contributed by atoms with Gasteiger partial charge in [-0.1, -0.05) is 43.7 Å². The number of hydrogen-bond acceptors (Lipinski definition) is 5. The van der Waals surface area contributed by atoms with Crippen LogP contribution in [0.4, 0.5) is 5.69 Å². The van der Waals surface area contributed by atoms with Gasteiger partial charge in [0.15, 0.2) is 5.78 Å². The van der Waals surface area contributed by atoms with Crippen molar-refractivity contribution in [3.63, 3.8) is 0 Å². The Morgan fingerprint density at radius 2 is 1.81 bits per heavy atom. The van der Waals surface area contributed by atoms with Crippen LogP contribution in [0.25, 0.3) is 0 Å². The Bertz CT molecular complexity index is 1030. The molecular weight excluding hydrogens is 406 g/mol. The molecule has 0 radical (unpaired) electrons. The van der Waals surface area contributed by atoms with Gasteiger partial charge in [0, 0.05) is 17.3 Å². The lowest BCUT2D eigenvalue weighted by atomic mass is 10.1. The van der Waals surface area contributed by atoms with Gasteiger partial charge in [-0.15, -0.1) is 11.8 Å². The fraction of sp³-hybridized carbons (Fsp3) is 0.192. The standard InChI is InChI=1S/C26H27NO3S/c1-3-7-21-16-22(28)12-15-24(21)27-26(31-2)17-25(29)20-10-13-23(14-11-20)30-18-19-8-5-4-6-9-19/h4-6,8-17,27-28H,3,7,18H2,1-2H3/b26-17-. The summed E-state index contributed by atoms with van der Waals surface area (Å²) in [6.45, 7) is 2.58. The molecule has 0 saturated carbocycles. The number of allylic oxidation sites excluding steroid dienone is 1. The zero-order chi connectivity index (χ0) is 22.1. The molecule has 0 spiro atoms. The van der Waals surface area contributed by atoms with Crippen molar-refractivity contribution in [3.05, 3.63) is 101 Å². The number of ether oxygens (including phenoxy) is 1. The summed E-state index contributed by atoms with van der Waals surface area (Å²) < 4.78 is 5.79. The van der Waals surface area contributed by atoms with Crippen molar-refractivity contribution in [2.45, 2.75) is 26.4 Å². The van der Waals surface area contributed by atoms with E-state index in [4.69, 9.17) is 4.74 Å². The smallest absolute Gasteiger partial charge is 0.188 e. The van der Waals surface area contributed by atoms with Crippen LogP contribution >= 0.6 is 11.8 Å². The number of benzene rings is 3. The van der Waals surface area contributed by atoms with Crippen LogP contribution in [0.1, 0.15) is 34.8 Å². The Hall–Kier alpha value is -3.18. The molecule has 0 aliphatic rings. The largest absolute Gasteiger partial charge is 0.508 e. The molecule has 0 aliphatic heterocycles. The molecular formula is C26H27NO3S. The van der Waals surface area contributed by atoms with Gasteiger partial charge in [-0.2, -0.15) is 0 Å². The van der Waals surface area contributed by atoms with E-state index in [9.17, 15) is 9.90 Å². The number of hydrogen-bond donors (Lipinski definition) is 2. The monoisotopic (exact) mass is 433 g/mol. The van der Waals surface area contributed by atoms with E-state index < -0.39 is 0 Å². The van der Waals surface area contributed by atoms with Crippen LogP contribution in [0.3, 0.4) is 0 Å². The van der Waals surface area contributed by atoms with Crippen molar-refractivity contribution in [2.75, 3.05) is 11.6 Å². The average Bonchev–Trinajstić information content (AvgIpc) is 2.80. The van der Waals surface area contributed by atoms with Gasteiger partial charge in [-0.25, -0.2) is 0 Å². The Balaban J connectivity index is 1.67. The normalized spacial score (nSPS) is 11.2. The quantitative estimate of drug-likeness (QED) is 0.219. The highest BCUT2D eigenvalue weighted by Crippen LogP contribution is 2.26. The third-order valence-corrected chi connectivity index (χ3v) is 5.40. The van der Waals surface area contributed by atoms with Gasteiger partial charge in [-0.3, -0.25) is 4.79 Å². The molecule has 31 heavy (non-hydrogen) atoms. The molecule has 3 aromatic carbocycles. The minimum absolute atomic E-state index is 0.0812. The molecule has 0 atom stereocenters. The van der Waals surface area contributed by atoms with E-state index in [-0.39, 0.29) is 11.5 Å². The van der Waals surface area contributed by atoms with Crippen molar-refractivity contribution < 1.29 is 14.6 Å². The van der Waals surface area contributed by atoms with Gasteiger partial charge < -0.3 is 15.2 Å². The average molecular weight is 434 g/mol. The molecule has 0 heterocycles. The van der Waals surface area contributed by atoms with Crippen LogP contribution in [-0.4, -0.2) is 17.1 Å². The second kappa shape index (κ2) is 11.3. The highest BCUT2D eigenvalue weighted by Gasteiger charge is 2.09. The minimum Gasteiger partial charge on any atom is -0.508 e. The summed E-state index contributed by atoms with van der Waals surface area (Å²) >= 11 is 1.47. The number of carbonyl (C=O) groups is 1. The van der Waals surface area contributed by atoms with Crippen molar-refractivity contribution in [3.8, 4) is 11.5 Å². The number of anilines is 1. The lowest BCUT2D eigenvalue weighted by molar-refractivity contribution is 0.104. The van der Waals surface area contributed by atoms with Crippen molar-refractivity contribution in [2.24, 2.45) is 0 Å². The number of ketones is 1. The molecule has 2 N–H and O–H groups in total. The van der Waals surface area contributed by atoms with E-state index in [2.05, 4.69) is 12.2 Å². The molecule has 0 bridgehead atoms. The Morgan fingerprint density at radius 1 is 1.06 bits per heavy atom. The summed E-state index contributed by atoms with van der Waals surface area (Å²) in [7, 11) is 0. The van der Waals surface area contributed by atoms with Crippen LogP contribution in [0.15, 0.2) is 83.9 Å². The molecule has 160 valence electrons. The molecule has 0 fully saturated rings. The topological polar surface area (TPSA) is 58.6 Å². The summed E-state index contributed by atoms with van der Waals surface area (Å²) in [6.07, 6.45) is 5.34. The van der Waals surface area contributed by atoms with E-state index in [0.29, 0.717) is 12.2 Å². The summed E-state index contributed by atoms with van der Waals surface area (Å²) in [5.74, 6) is 0.887. The predicted molar refractivity (Wildman–Crippen MR) is 129 cm³/mol. The fourth-order valence-corrected chi connectivity index (χ4v) is 3.55. The highest BCUT2D eigenvalue weighted by atomic mass is 32.2. The maximum absolute atomic E-state index is 12.7. The van der Waals surface area contributed by atoms with Crippen molar-refractivity contribution in [1.82, 2.24) is 0 Å². The number of aromatic hydroxyl groups is 1. The van der Waals surface area contributed by atoms with Gasteiger partial charge in [0.2, 0.25) is 0 Å². The first-order valence-electron chi connectivity index (χ1n) is 10.2. The van der Waals surface area contributed by atoms with Crippen molar-refractivity contribution in [1.29, 1.82) is 0 Å². The highest BCUT2D eigenvalue weighted by molar-refractivity contribution is 8.02. The van der Waals surface area contributed by atoms with Crippen LogP contribution < -0.4 is 10.1 Å². The Kier molecular flexibility index (Phi) is 8.19. The number of aryl methyl sites for hydroxylation is 1. The third kappa shape index (κ3) is 6.66. The summed E-state index contributed by atoms with van der Waals surface area (Å²) in [4.78, 5) is 12.7. The molecule has 5 heteroatoms. The van der Waals surface area contributed by atoms with Crippen LogP contribution in [0.5, 0.6) is 11.5 Å². The van der Waals surface area contributed by atoms with E-state index in [0.717, 1.165) is 40.4 Å². The van der Waals surface area contributed by atoms with E-state index >= 15 is 0 Å². The molecule has 3 rings (SSSR count). The van der Waals surface area contributed by atoms with Crippen molar-refractivity contribution >= 4 is 23.2 Å². The Morgan fingerprint density at radius 3 is 2.48 bits per heavy atom. The lowest BCUT2D eigenvalue weighted by Crippen LogP contribution is -2.04. The second-order valence-corrected chi connectivity index (χ2v) is 7.94. The first-order valence-corrected chi connectivity index (χ1v) is 11.5. The molecule has 0 amide bonds. The number of carbonyl (C=O) groups excluding carboxylic acids is 1. The molecule has 3 aromatic rings. The van der Waals surface area contributed by atoms with Gasteiger partial charge in [0.25, 0.3) is 0 Å². The number of phenols is 1. The first-order chi connectivity index (χ1) is 15.1. The summed E-state index contributed by atoms with van der Waals surface area (Å²) in [6, 6.07) is 22.4. The lowest BCUT2D eigenvalue weighted by Gasteiger charge is -2.13. The molecule has 0 unspecified atom stereocenters. The summed E-state index contributed by atoms with van der Waals surface area (Å²) in [5.41, 5.74) is 3.62. The van der Waals surface area contributed by atoms with Gasteiger partial charge in [-0.05, 0) is 66.3 Å². The predicted octanol–water partition coefficient (Wildman–Crippen LogP) is 6.42. The third-order valence-electron chi connectivity index (χ3n) is 4.74. The number of thioether (sulfide) groups is 1.